The topological polar surface area (TPSA) is 0 Å². The minimum Gasteiger partial charge on any atom is -0.0616 e. The molecule has 0 aliphatic rings. The summed E-state index contributed by atoms with van der Waals surface area (Å²) >= 11 is 0. The van der Waals surface area contributed by atoms with Gasteiger partial charge in [0.25, 0.3) is 0 Å². The van der Waals surface area contributed by atoms with Crippen LogP contribution in [0.4, 0.5) is 0 Å². The minimum absolute atomic E-state index is 0.566. The largest absolute Gasteiger partial charge is 0.0616 e. The van der Waals surface area contributed by atoms with Crippen LogP contribution in [0.15, 0.2) is 60.7 Å². The van der Waals surface area contributed by atoms with Gasteiger partial charge in [-0.3, -0.25) is 0 Å². The Balaban J connectivity index is 2.22. The maximum Gasteiger partial charge on any atom is -0.00724 e. The molecule has 0 amide bonds. The van der Waals surface area contributed by atoms with E-state index < -0.39 is 7.92 Å². The van der Waals surface area contributed by atoms with Gasteiger partial charge in [-0.1, -0.05) is 82.9 Å². The molecule has 115 valence electrons. The molecule has 0 saturated heterocycles. The number of hydrogen-bond acceptors (Lipinski definition) is 0. The molecule has 3 aromatic carbocycles. The molecule has 0 heterocycles. The molecule has 0 aliphatic carbocycles. The molecule has 3 rings (SSSR count). The van der Waals surface area contributed by atoms with Crippen molar-refractivity contribution in [3.05, 3.63) is 89.0 Å². The Hall–Kier alpha value is -1.91. The first-order chi connectivity index (χ1) is 11.0. The monoisotopic (exact) mass is 317 g/mol. The van der Waals surface area contributed by atoms with Crippen LogP contribution in [-0.2, 0) is 0 Å². The lowest BCUT2D eigenvalue weighted by Crippen LogP contribution is -2.22. The van der Waals surface area contributed by atoms with Gasteiger partial charge in [-0.25, -0.2) is 0 Å². The van der Waals surface area contributed by atoms with Crippen molar-refractivity contribution in [2.24, 2.45) is 0 Å². The predicted octanol–water partition coefficient (Wildman–Crippen LogP) is 4.48. The van der Waals surface area contributed by atoms with Crippen LogP contribution in [0.1, 0.15) is 22.3 Å². The highest BCUT2D eigenvalue weighted by atomic mass is 31.1. The van der Waals surface area contributed by atoms with Gasteiger partial charge in [-0.05, 0) is 57.6 Å². The average molecular weight is 317 g/mol. The molecule has 1 radical (unpaired) electrons. The van der Waals surface area contributed by atoms with E-state index in [1.165, 1.54) is 38.2 Å². The summed E-state index contributed by atoms with van der Waals surface area (Å²) in [6.07, 6.45) is 0. The molecule has 0 N–H and O–H groups in total. The third kappa shape index (κ3) is 3.71. The van der Waals surface area contributed by atoms with Crippen LogP contribution in [0.2, 0.25) is 0 Å². The average Bonchev–Trinajstić information content (AvgIpc) is 2.46. The van der Waals surface area contributed by atoms with Gasteiger partial charge < -0.3 is 0 Å². The Morgan fingerprint density at radius 2 is 1.13 bits per heavy atom. The summed E-state index contributed by atoms with van der Waals surface area (Å²) in [5.41, 5.74) is 5.31. The van der Waals surface area contributed by atoms with Crippen LogP contribution in [0.25, 0.3) is 0 Å². The van der Waals surface area contributed by atoms with E-state index in [2.05, 4.69) is 82.3 Å². The van der Waals surface area contributed by atoms with E-state index in [9.17, 15) is 0 Å². The summed E-state index contributed by atoms with van der Waals surface area (Å²) in [6, 6.07) is 25.7. The van der Waals surface area contributed by atoms with Gasteiger partial charge in [-0.2, -0.15) is 0 Å². The fourth-order valence-electron chi connectivity index (χ4n) is 3.11. The highest BCUT2D eigenvalue weighted by Gasteiger charge is 2.17. The quantitative estimate of drug-likeness (QED) is 0.625. The van der Waals surface area contributed by atoms with Crippen molar-refractivity contribution in [3.63, 3.8) is 0 Å². The Morgan fingerprint density at radius 1 is 0.652 bits per heavy atom. The maximum absolute atomic E-state index is 3.47. The number of rotatable bonds is 3. The van der Waals surface area contributed by atoms with E-state index in [0.717, 1.165) is 0 Å². The summed E-state index contributed by atoms with van der Waals surface area (Å²) in [4.78, 5) is 0. The Morgan fingerprint density at radius 3 is 1.52 bits per heavy atom. The molecule has 0 aromatic heterocycles. The van der Waals surface area contributed by atoms with Gasteiger partial charge in [0, 0.05) is 0 Å². The molecular formula is C22H22P. The molecule has 0 bridgehead atoms. The van der Waals surface area contributed by atoms with E-state index in [-0.39, 0.29) is 0 Å². The molecule has 0 unspecified atom stereocenters. The van der Waals surface area contributed by atoms with Crippen LogP contribution in [0, 0.1) is 33.8 Å². The van der Waals surface area contributed by atoms with Gasteiger partial charge in [0.1, 0.15) is 0 Å². The Labute approximate surface area is 141 Å². The summed E-state index contributed by atoms with van der Waals surface area (Å²) in [5, 5.41) is 4.10. The number of hydrogen-bond donors (Lipinski definition) is 0. The van der Waals surface area contributed by atoms with Gasteiger partial charge >= 0.3 is 0 Å². The molecule has 1 heteroatoms. The Bertz CT molecular complexity index is 727. The maximum atomic E-state index is 3.47. The molecule has 0 saturated carbocycles. The zero-order valence-corrected chi connectivity index (χ0v) is 15.1. The first-order valence-corrected chi connectivity index (χ1v) is 9.30. The molecular weight excluding hydrogens is 295 g/mol. The van der Waals surface area contributed by atoms with Gasteiger partial charge in [0.05, 0.1) is 0 Å². The highest BCUT2D eigenvalue weighted by Crippen LogP contribution is 2.33. The second kappa shape index (κ2) is 6.69. The molecule has 0 atom stereocenters. The molecule has 0 nitrogen and oxygen atoms in total. The fourth-order valence-corrected chi connectivity index (χ4v) is 5.73. The fraction of sp³-hybridized carbons (Fsp3) is 0.182. The lowest BCUT2D eigenvalue weighted by Gasteiger charge is -2.21. The van der Waals surface area contributed by atoms with Gasteiger partial charge in [-0.15, -0.1) is 0 Å². The summed E-state index contributed by atoms with van der Waals surface area (Å²) in [6.45, 7) is 8.72. The lowest BCUT2D eigenvalue weighted by atomic mass is 10.2. The first kappa shape index (κ1) is 16.0. The van der Waals surface area contributed by atoms with Crippen LogP contribution < -0.4 is 15.9 Å². The first-order valence-electron chi connectivity index (χ1n) is 7.96. The van der Waals surface area contributed by atoms with Crippen LogP contribution in [0.5, 0.6) is 0 Å². The van der Waals surface area contributed by atoms with E-state index in [1.54, 1.807) is 0 Å². The summed E-state index contributed by atoms with van der Waals surface area (Å²) in [7, 11) is -0.566. The van der Waals surface area contributed by atoms with Gasteiger partial charge in [0.2, 0.25) is 0 Å². The van der Waals surface area contributed by atoms with Crippen molar-refractivity contribution in [2.45, 2.75) is 27.7 Å². The van der Waals surface area contributed by atoms with Crippen LogP contribution in [-0.4, -0.2) is 0 Å². The van der Waals surface area contributed by atoms with Crippen LogP contribution in [0.3, 0.4) is 0 Å². The van der Waals surface area contributed by atoms with Crippen molar-refractivity contribution in [1.82, 2.24) is 0 Å². The van der Waals surface area contributed by atoms with E-state index in [4.69, 9.17) is 0 Å². The van der Waals surface area contributed by atoms with E-state index in [0.29, 0.717) is 0 Å². The molecule has 3 aromatic rings. The van der Waals surface area contributed by atoms with E-state index in [1.807, 2.05) is 12.1 Å². The normalized spacial score (nSPS) is 11.0. The van der Waals surface area contributed by atoms with Gasteiger partial charge in [0.15, 0.2) is 0 Å². The van der Waals surface area contributed by atoms with Crippen molar-refractivity contribution in [3.8, 4) is 0 Å². The van der Waals surface area contributed by atoms with Crippen molar-refractivity contribution in [2.75, 3.05) is 0 Å². The SMILES string of the molecule is Cc1cc(C)cc(P(c2[c]cccc2)c2cc(C)cc(C)c2)c1. The second-order valence-corrected chi connectivity index (χ2v) is 8.46. The Kier molecular flexibility index (Phi) is 4.64. The minimum atomic E-state index is -0.566. The van der Waals surface area contributed by atoms with Crippen molar-refractivity contribution >= 4 is 23.8 Å². The summed E-state index contributed by atoms with van der Waals surface area (Å²) in [5.74, 6) is 0. The second-order valence-electron chi connectivity index (χ2n) is 6.28. The number of benzene rings is 3. The molecule has 0 aliphatic heterocycles. The predicted molar refractivity (Wildman–Crippen MR) is 103 cm³/mol. The molecule has 23 heavy (non-hydrogen) atoms. The smallest absolute Gasteiger partial charge is 0.00724 e. The molecule has 0 spiro atoms. The molecule has 0 fully saturated rings. The third-order valence-electron chi connectivity index (χ3n) is 3.86. The van der Waals surface area contributed by atoms with Crippen molar-refractivity contribution < 1.29 is 0 Å². The summed E-state index contributed by atoms with van der Waals surface area (Å²) < 4.78 is 0. The number of aryl methyl sites for hydroxylation is 4. The zero-order chi connectivity index (χ0) is 16.4. The standard InChI is InChI=1S/C22H22P/c1-16-10-17(2)13-21(12-16)23(20-8-6-5-7-9-20)22-14-18(3)11-19(4)15-22/h5-8,10-15H,1-4H3. The lowest BCUT2D eigenvalue weighted by molar-refractivity contribution is 1.40. The van der Waals surface area contributed by atoms with E-state index >= 15 is 0 Å². The van der Waals surface area contributed by atoms with Crippen LogP contribution >= 0.6 is 7.92 Å². The zero-order valence-electron chi connectivity index (χ0n) is 14.2. The van der Waals surface area contributed by atoms with Crippen molar-refractivity contribution in [1.29, 1.82) is 0 Å². The third-order valence-corrected chi connectivity index (χ3v) is 6.17. The highest BCUT2D eigenvalue weighted by molar-refractivity contribution is 7.79.